The van der Waals surface area contributed by atoms with Gasteiger partial charge in [-0.1, -0.05) is 12.8 Å². The SMILES string of the molecule is NCC1CCCCCN1C(=O)c1ccc(O)cc1. The molecule has 0 spiro atoms. The van der Waals surface area contributed by atoms with E-state index in [9.17, 15) is 9.90 Å². The fourth-order valence-corrected chi connectivity index (χ4v) is 2.46. The molecule has 0 saturated carbocycles. The molecule has 1 heterocycles. The molecule has 1 aromatic rings. The van der Waals surface area contributed by atoms with Crippen LogP contribution in [0, 0.1) is 0 Å². The Labute approximate surface area is 107 Å². The lowest BCUT2D eigenvalue weighted by Crippen LogP contribution is -2.44. The summed E-state index contributed by atoms with van der Waals surface area (Å²) in [7, 11) is 0. The van der Waals surface area contributed by atoms with Crippen molar-refractivity contribution in [3.63, 3.8) is 0 Å². The highest BCUT2D eigenvalue weighted by atomic mass is 16.3. The van der Waals surface area contributed by atoms with Crippen LogP contribution in [0.25, 0.3) is 0 Å². The molecule has 1 aliphatic heterocycles. The third kappa shape index (κ3) is 2.82. The molecule has 0 radical (unpaired) electrons. The Morgan fingerprint density at radius 1 is 1.28 bits per heavy atom. The van der Waals surface area contributed by atoms with Gasteiger partial charge in [-0.3, -0.25) is 4.79 Å². The maximum atomic E-state index is 12.4. The number of nitrogens with zero attached hydrogens (tertiary/aromatic N) is 1. The molecule has 1 atom stereocenters. The fraction of sp³-hybridized carbons (Fsp3) is 0.500. The Hall–Kier alpha value is -1.55. The predicted molar refractivity (Wildman–Crippen MR) is 70.5 cm³/mol. The molecule has 2 rings (SSSR count). The van der Waals surface area contributed by atoms with E-state index >= 15 is 0 Å². The van der Waals surface area contributed by atoms with Crippen LogP contribution in [0.5, 0.6) is 5.75 Å². The van der Waals surface area contributed by atoms with Gasteiger partial charge in [0.1, 0.15) is 5.75 Å². The Bertz CT molecular complexity index is 403. The number of nitrogens with two attached hydrogens (primary N) is 1. The first-order valence-electron chi connectivity index (χ1n) is 6.52. The molecule has 18 heavy (non-hydrogen) atoms. The van der Waals surface area contributed by atoms with Crippen molar-refractivity contribution in [3.05, 3.63) is 29.8 Å². The van der Waals surface area contributed by atoms with Crippen LogP contribution in [0.3, 0.4) is 0 Å². The van der Waals surface area contributed by atoms with Crippen LogP contribution in [0.15, 0.2) is 24.3 Å². The zero-order chi connectivity index (χ0) is 13.0. The van der Waals surface area contributed by atoms with Crippen LogP contribution in [0.2, 0.25) is 0 Å². The second-order valence-electron chi connectivity index (χ2n) is 4.78. The number of benzene rings is 1. The largest absolute Gasteiger partial charge is 0.508 e. The lowest BCUT2D eigenvalue weighted by Gasteiger charge is -2.29. The van der Waals surface area contributed by atoms with Crippen LogP contribution in [0.1, 0.15) is 36.0 Å². The summed E-state index contributed by atoms with van der Waals surface area (Å²) in [5.74, 6) is 0.199. The van der Waals surface area contributed by atoms with Gasteiger partial charge in [0, 0.05) is 24.7 Å². The Kier molecular flexibility index (Phi) is 4.20. The summed E-state index contributed by atoms with van der Waals surface area (Å²) in [5, 5.41) is 9.25. The third-order valence-electron chi connectivity index (χ3n) is 3.52. The maximum Gasteiger partial charge on any atom is 0.254 e. The summed E-state index contributed by atoms with van der Waals surface area (Å²) in [6.45, 7) is 1.30. The van der Waals surface area contributed by atoms with E-state index in [4.69, 9.17) is 5.73 Å². The molecule has 1 unspecified atom stereocenters. The number of phenolic OH excluding ortho intramolecular Hbond substituents is 1. The van der Waals surface area contributed by atoms with Gasteiger partial charge in [-0.05, 0) is 37.1 Å². The van der Waals surface area contributed by atoms with Crippen molar-refractivity contribution in [1.82, 2.24) is 4.90 Å². The lowest BCUT2D eigenvalue weighted by molar-refractivity contribution is 0.0689. The minimum Gasteiger partial charge on any atom is -0.508 e. The average molecular weight is 248 g/mol. The van der Waals surface area contributed by atoms with Gasteiger partial charge in [0.15, 0.2) is 0 Å². The highest BCUT2D eigenvalue weighted by molar-refractivity contribution is 5.94. The molecule has 4 nitrogen and oxygen atoms in total. The molecule has 1 aromatic carbocycles. The molecule has 0 aliphatic carbocycles. The molecule has 0 bridgehead atoms. The van der Waals surface area contributed by atoms with Crippen molar-refractivity contribution in [1.29, 1.82) is 0 Å². The van der Waals surface area contributed by atoms with Crippen molar-refractivity contribution in [2.24, 2.45) is 5.73 Å². The number of hydrogen-bond donors (Lipinski definition) is 2. The molecule has 3 N–H and O–H groups in total. The number of phenols is 1. The van der Waals surface area contributed by atoms with Gasteiger partial charge in [0.25, 0.3) is 5.91 Å². The number of hydrogen-bond acceptors (Lipinski definition) is 3. The van der Waals surface area contributed by atoms with Crippen molar-refractivity contribution < 1.29 is 9.90 Å². The van der Waals surface area contributed by atoms with E-state index in [2.05, 4.69) is 0 Å². The normalized spacial score (nSPS) is 20.5. The molecule has 1 saturated heterocycles. The summed E-state index contributed by atoms with van der Waals surface area (Å²) in [6.07, 6.45) is 4.33. The van der Waals surface area contributed by atoms with Crippen LogP contribution in [-0.2, 0) is 0 Å². The first-order chi connectivity index (χ1) is 8.72. The van der Waals surface area contributed by atoms with E-state index in [1.807, 2.05) is 4.90 Å². The Balaban J connectivity index is 2.17. The zero-order valence-electron chi connectivity index (χ0n) is 10.5. The number of carbonyl (C=O) groups is 1. The third-order valence-corrected chi connectivity index (χ3v) is 3.52. The Morgan fingerprint density at radius 3 is 2.67 bits per heavy atom. The fourth-order valence-electron chi connectivity index (χ4n) is 2.46. The van der Waals surface area contributed by atoms with Crippen LogP contribution in [-0.4, -0.2) is 35.0 Å². The monoisotopic (exact) mass is 248 g/mol. The number of aromatic hydroxyl groups is 1. The van der Waals surface area contributed by atoms with E-state index in [0.717, 1.165) is 32.2 Å². The number of carbonyl (C=O) groups excluding carboxylic acids is 1. The second kappa shape index (κ2) is 5.87. The molecular weight excluding hydrogens is 228 g/mol. The maximum absolute atomic E-state index is 12.4. The van der Waals surface area contributed by atoms with Crippen molar-refractivity contribution in [2.75, 3.05) is 13.1 Å². The van der Waals surface area contributed by atoms with E-state index in [-0.39, 0.29) is 17.7 Å². The van der Waals surface area contributed by atoms with E-state index in [1.165, 1.54) is 0 Å². The highest BCUT2D eigenvalue weighted by Gasteiger charge is 2.25. The smallest absolute Gasteiger partial charge is 0.254 e. The molecule has 1 fully saturated rings. The van der Waals surface area contributed by atoms with Crippen LogP contribution < -0.4 is 5.73 Å². The topological polar surface area (TPSA) is 66.6 Å². The van der Waals surface area contributed by atoms with Crippen LogP contribution >= 0.6 is 0 Å². The number of rotatable bonds is 2. The van der Waals surface area contributed by atoms with E-state index in [1.54, 1.807) is 24.3 Å². The highest BCUT2D eigenvalue weighted by Crippen LogP contribution is 2.19. The molecule has 0 aromatic heterocycles. The summed E-state index contributed by atoms with van der Waals surface area (Å²) in [4.78, 5) is 14.3. The minimum absolute atomic E-state index is 0.0207. The van der Waals surface area contributed by atoms with E-state index < -0.39 is 0 Å². The molecule has 1 aliphatic rings. The molecule has 98 valence electrons. The lowest BCUT2D eigenvalue weighted by atomic mass is 10.1. The quantitative estimate of drug-likeness (QED) is 0.837. The van der Waals surface area contributed by atoms with Gasteiger partial charge in [-0.2, -0.15) is 0 Å². The Morgan fingerprint density at radius 2 is 2.00 bits per heavy atom. The molecule has 1 amide bonds. The molecule has 4 heteroatoms. The van der Waals surface area contributed by atoms with Crippen molar-refractivity contribution in [2.45, 2.75) is 31.7 Å². The van der Waals surface area contributed by atoms with Gasteiger partial charge in [0.05, 0.1) is 0 Å². The summed E-state index contributed by atoms with van der Waals surface area (Å²) < 4.78 is 0. The van der Waals surface area contributed by atoms with Gasteiger partial charge < -0.3 is 15.7 Å². The van der Waals surface area contributed by atoms with Gasteiger partial charge >= 0.3 is 0 Å². The average Bonchev–Trinajstić information content (AvgIpc) is 2.63. The minimum atomic E-state index is 0.0207. The standard InChI is InChI=1S/C14H20N2O2/c15-10-12-4-2-1-3-9-16(12)14(18)11-5-7-13(17)8-6-11/h5-8,12,17H,1-4,9-10,15H2. The zero-order valence-corrected chi connectivity index (χ0v) is 10.5. The van der Waals surface area contributed by atoms with Crippen molar-refractivity contribution >= 4 is 5.91 Å². The summed E-state index contributed by atoms with van der Waals surface area (Å²) in [6, 6.07) is 6.56. The first kappa shape index (κ1) is 12.9. The number of likely N-dealkylation sites (tertiary alicyclic amines) is 1. The predicted octanol–water partition coefficient (Wildman–Crippen LogP) is 1.74. The van der Waals surface area contributed by atoms with Gasteiger partial charge in [-0.15, -0.1) is 0 Å². The van der Waals surface area contributed by atoms with Crippen molar-refractivity contribution in [3.8, 4) is 5.75 Å². The van der Waals surface area contributed by atoms with E-state index in [0.29, 0.717) is 12.1 Å². The summed E-state index contributed by atoms with van der Waals surface area (Å²) in [5.41, 5.74) is 6.39. The first-order valence-corrected chi connectivity index (χ1v) is 6.52. The van der Waals surface area contributed by atoms with Crippen LogP contribution in [0.4, 0.5) is 0 Å². The summed E-state index contributed by atoms with van der Waals surface area (Å²) >= 11 is 0. The second-order valence-corrected chi connectivity index (χ2v) is 4.78. The van der Waals surface area contributed by atoms with Gasteiger partial charge in [0.2, 0.25) is 0 Å². The molecular formula is C14H20N2O2. The van der Waals surface area contributed by atoms with Gasteiger partial charge in [-0.25, -0.2) is 0 Å². The number of amides is 1.